The van der Waals surface area contributed by atoms with Crippen LogP contribution in [0, 0.1) is 0 Å². The summed E-state index contributed by atoms with van der Waals surface area (Å²) in [4.78, 5) is 28.3. The molecule has 0 bridgehead atoms. The molecule has 2 amide bonds. The van der Waals surface area contributed by atoms with Gasteiger partial charge in [-0.15, -0.1) is 0 Å². The van der Waals surface area contributed by atoms with Crippen LogP contribution in [-0.4, -0.2) is 68.1 Å². The molecule has 31 heavy (non-hydrogen) atoms. The predicted molar refractivity (Wildman–Crippen MR) is 109 cm³/mol. The topological polar surface area (TPSA) is 68.3 Å². The maximum absolute atomic E-state index is 12.8. The van der Waals surface area contributed by atoms with Gasteiger partial charge in [0.05, 0.1) is 7.11 Å². The lowest BCUT2D eigenvalue weighted by molar-refractivity contribution is -0.134. The van der Waals surface area contributed by atoms with Crippen molar-refractivity contribution in [3.63, 3.8) is 0 Å². The maximum Gasteiger partial charge on any atom is 0.387 e. The predicted octanol–water partition coefficient (Wildman–Crippen LogP) is 3.31. The maximum atomic E-state index is 12.8. The summed E-state index contributed by atoms with van der Waals surface area (Å²) in [7, 11) is 1.32. The van der Waals surface area contributed by atoms with Crippen molar-refractivity contribution in [3.05, 3.63) is 53.1 Å². The second kappa shape index (κ2) is 10.3. The number of piperazine rings is 1. The molecule has 0 spiro atoms. The number of hydrogen-bond acceptors (Lipinski definition) is 5. The zero-order valence-corrected chi connectivity index (χ0v) is 17.5. The van der Waals surface area contributed by atoms with Crippen molar-refractivity contribution >= 4 is 23.4 Å². The molecule has 0 radical (unpaired) electrons. The first-order chi connectivity index (χ1) is 14.9. The number of ether oxygens (including phenoxy) is 3. The molecular formula is C21H21ClF2N2O5. The second-order valence-corrected chi connectivity index (χ2v) is 7.10. The average Bonchev–Trinajstić information content (AvgIpc) is 2.77. The summed E-state index contributed by atoms with van der Waals surface area (Å²) in [5.41, 5.74) is 0.197. The van der Waals surface area contributed by atoms with Gasteiger partial charge in [-0.25, -0.2) is 0 Å². The third kappa shape index (κ3) is 5.97. The number of rotatable bonds is 7. The fraction of sp³-hybridized carbons (Fsp3) is 0.333. The smallest absolute Gasteiger partial charge is 0.387 e. The van der Waals surface area contributed by atoms with E-state index in [1.165, 1.54) is 25.3 Å². The highest BCUT2D eigenvalue weighted by Crippen LogP contribution is 2.30. The van der Waals surface area contributed by atoms with Crippen molar-refractivity contribution in [2.24, 2.45) is 0 Å². The Morgan fingerprint density at radius 1 is 1.00 bits per heavy atom. The van der Waals surface area contributed by atoms with Crippen LogP contribution in [0.3, 0.4) is 0 Å². The molecule has 1 fully saturated rings. The van der Waals surface area contributed by atoms with Crippen LogP contribution in [0.5, 0.6) is 17.2 Å². The number of nitrogens with zero attached hydrogens (tertiary/aromatic N) is 2. The number of benzene rings is 2. The molecule has 0 N–H and O–H groups in total. The van der Waals surface area contributed by atoms with Gasteiger partial charge in [-0.3, -0.25) is 9.59 Å². The Morgan fingerprint density at radius 2 is 1.65 bits per heavy atom. The second-order valence-electron chi connectivity index (χ2n) is 6.66. The van der Waals surface area contributed by atoms with Gasteiger partial charge in [0, 0.05) is 36.8 Å². The highest BCUT2D eigenvalue weighted by atomic mass is 35.5. The molecule has 0 aromatic heterocycles. The number of alkyl halides is 2. The van der Waals surface area contributed by atoms with Crippen molar-refractivity contribution in [1.29, 1.82) is 0 Å². The summed E-state index contributed by atoms with van der Waals surface area (Å²) in [5.74, 6) is -0.109. The average molecular weight is 455 g/mol. The lowest BCUT2D eigenvalue weighted by Gasteiger charge is -2.34. The largest absolute Gasteiger partial charge is 0.493 e. The Kier molecular flexibility index (Phi) is 7.51. The first kappa shape index (κ1) is 22.6. The lowest BCUT2D eigenvalue weighted by Crippen LogP contribution is -2.51. The molecule has 7 nitrogen and oxygen atoms in total. The van der Waals surface area contributed by atoms with Gasteiger partial charge in [0.2, 0.25) is 0 Å². The van der Waals surface area contributed by atoms with Gasteiger partial charge >= 0.3 is 6.61 Å². The van der Waals surface area contributed by atoms with E-state index < -0.39 is 6.61 Å². The number of carbonyl (C=O) groups excluding carboxylic acids is 2. The van der Waals surface area contributed by atoms with Gasteiger partial charge in [-0.1, -0.05) is 11.6 Å². The molecule has 1 aliphatic rings. The summed E-state index contributed by atoms with van der Waals surface area (Å²) in [6.07, 6.45) is 0. The molecule has 166 valence electrons. The molecule has 0 unspecified atom stereocenters. The summed E-state index contributed by atoms with van der Waals surface area (Å²) >= 11 is 5.82. The van der Waals surface area contributed by atoms with Crippen LogP contribution in [0.1, 0.15) is 10.4 Å². The van der Waals surface area contributed by atoms with Crippen molar-refractivity contribution in [1.82, 2.24) is 9.80 Å². The minimum atomic E-state index is -3.04. The molecule has 1 aliphatic heterocycles. The van der Waals surface area contributed by atoms with E-state index in [0.29, 0.717) is 37.0 Å². The van der Waals surface area contributed by atoms with Gasteiger partial charge in [-0.2, -0.15) is 8.78 Å². The van der Waals surface area contributed by atoms with E-state index in [1.54, 1.807) is 34.1 Å². The molecule has 3 rings (SSSR count). The molecular weight excluding hydrogens is 434 g/mol. The molecule has 1 saturated heterocycles. The lowest BCUT2D eigenvalue weighted by atomic mass is 10.1. The van der Waals surface area contributed by atoms with E-state index in [1.807, 2.05) is 0 Å². The van der Waals surface area contributed by atoms with Crippen LogP contribution in [-0.2, 0) is 4.79 Å². The fourth-order valence-electron chi connectivity index (χ4n) is 3.11. The number of hydrogen-bond donors (Lipinski definition) is 0. The highest BCUT2D eigenvalue weighted by molar-refractivity contribution is 6.30. The minimum Gasteiger partial charge on any atom is -0.493 e. The van der Waals surface area contributed by atoms with Crippen molar-refractivity contribution in [3.8, 4) is 17.2 Å². The van der Waals surface area contributed by atoms with Gasteiger partial charge in [0.25, 0.3) is 11.8 Å². The first-order valence-electron chi connectivity index (χ1n) is 9.45. The van der Waals surface area contributed by atoms with Crippen LogP contribution in [0.15, 0.2) is 42.5 Å². The van der Waals surface area contributed by atoms with E-state index >= 15 is 0 Å². The van der Waals surface area contributed by atoms with E-state index in [9.17, 15) is 18.4 Å². The number of carbonyl (C=O) groups is 2. The van der Waals surface area contributed by atoms with Gasteiger partial charge in [0.15, 0.2) is 18.1 Å². The Hall–Kier alpha value is -3.07. The number of amides is 2. The van der Waals surface area contributed by atoms with Crippen LogP contribution in [0.2, 0.25) is 5.02 Å². The molecule has 0 saturated carbocycles. The fourth-order valence-corrected chi connectivity index (χ4v) is 3.23. The number of methoxy groups -OCH3 is 1. The summed E-state index contributed by atoms with van der Waals surface area (Å²) in [5, 5.41) is 0.573. The standard InChI is InChI=1S/C21H21ClF2N2O5/c1-29-17-7-2-14(12-18(17)31-21(23)24)20(28)26-10-8-25(9-11-26)19(27)13-30-16-5-3-15(22)4-6-16/h2-7,12,21H,8-11,13H2,1H3. The van der Waals surface area contributed by atoms with Gasteiger partial charge in [0.1, 0.15) is 5.75 Å². The van der Waals surface area contributed by atoms with Crippen LogP contribution >= 0.6 is 11.6 Å². The summed E-state index contributed by atoms with van der Waals surface area (Å²) in [6, 6.07) is 10.8. The van der Waals surface area contributed by atoms with E-state index in [2.05, 4.69) is 4.74 Å². The zero-order valence-electron chi connectivity index (χ0n) is 16.7. The third-order valence-corrected chi connectivity index (χ3v) is 4.97. The van der Waals surface area contributed by atoms with Crippen molar-refractivity contribution < 1.29 is 32.6 Å². The Labute approximate surface area is 183 Å². The summed E-state index contributed by atoms with van der Waals surface area (Å²) < 4.78 is 40.1. The quantitative estimate of drug-likeness (QED) is 0.642. The Balaban J connectivity index is 1.54. The normalized spacial score (nSPS) is 13.8. The van der Waals surface area contributed by atoms with E-state index in [4.69, 9.17) is 21.1 Å². The van der Waals surface area contributed by atoms with Gasteiger partial charge in [-0.05, 0) is 42.5 Å². The van der Waals surface area contributed by atoms with E-state index in [-0.39, 0.29) is 35.5 Å². The minimum absolute atomic E-state index is 0.105. The zero-order chi connectivity index (χ0) is 22.4. The Morgan fingerprint density at radius 3 is 2.26 bits per heavy atom. The van der Waals surface area contributed by atoms with E-state index in [0.717, 1.165) is 0 Å². The van der Waals surface area contributed by atoms with Crippen molar-refractivity contribution in [2.45, 2.75) is 6.61 Å². The molecule has 0 aliphatic carbocycles. The summed E-state index contributed by atoms with van der Waals surface area (Å²) in [6.45, 7) is -1.87. The van der Waals surface area contributed by atoms with Gasteiger partial charge < -0.3 is 24.0 Å². The molecule has 2 aromatic carbocycles. The molecule has 1 heterocycles. The highest BCUT2D eigenvalue weighted by Gasteiger charge is 2.26. The SMILES string of the molecule is COc1ccc(C(=O)N2CCN(C(=O)COc3ccc(Cl)cc3)CC2)cc1OC(F)F. The Bertz CT molecular complexity index is 918. The van der Waals surface area contributed by atoms with Crippen molar-refractivity contribution in [2.75, 3.05) is 39.9 Å². The molecule has 10 heteroatoms. The monoisotopic (exact) mass is 454 g/mol. The molecule has 0 atom stereocenters. The molecule has 2 aromatic rings. The van der Waals surface area contributed by atoms with Crippen LogP contribution < -0.4 is 14.2 Å². The first-order valence-corrected chi connectivity index (χ1v) is 9.83. The third-order valence-electron chi connectivity index (χ3n) is 4.72. The van der Waals surface area contributed by atoms with Crippen LogP contribution in [0.25, 0.3) is 0 Å². The van der Waals surface area contributed by atoms with Crippen LogP contribution in [0.4, 0.5) is 8.78 Å². The number of halogens is 3.